The highest BCUT2D eigenvalue weighted by Crippen LogP contribution is 2.18. The van der Waals surface area contributed by atoms with Gasteiger partial charge in [-0.3, -0.25) is 0 Å². The predicted octanol–water partition coefficient (Wildman–Crippen LogP) is 10.0. The molecule has 0 unspecified atom stereocenters. The molecule has 154 valence electrons. The smallest absolute Gasteiger partial charge is 0.0205 e. The van der Waals surface area contributed by atoms with Gasteiger partial charge in [-0.1, -0.05) is 82.7 Å². The first-order valence-corrected chi connectivity index (χ1v) is 10.0. The summed E-state index contributed by atoms with van der Waals surface area (Å²) in [6.07, 6.45) is 11.4. The van der Waals surface area contributed by atoms with Gasteiger partial charge < -0.3 is 0 Å². The quantitative estimate of drug-likeness (QED) is 0.344. The lowest BCUT2D eigenvalue weighted by Gasteiger charge is -2.06. The summed E-state index contributed by atoms with van der Waals surface area (Å²) in [5, 5.41) is 0. The van der Waals surface area contributed by atoms with Gasteiger partial charge in [0.2, 0.25) is 0 Å². The van der Waals surface area contributed by atoms with Gasteiger partial charge in [0, 0.05) is 0 Å². The molecule has 0 aliphatic heterocycles. The van der Waals surface area contributed by atoms with E-state index in [1.807, 2.05) is 53.7 Å². The Morgan fingerprint density at radius 3 is 1.15 bits per heavy atom. The largest absolute Gasteiger partial charge is 0.100 e. The first-order valence-electron chi connectivity index (χ1n) is 10.0. The van der Waals surface area contributed by atoms with Gasteiger partial charge in [-0.2, -0.15) is 0 Å². The highest BCUT2D eigenvalue weighted by molar-refractivity contribution is 5.45. The highest BCUT2D eigenvalue weighted by atomic mass is 14.0. The number of allylic oxidation sites excluding steroid dienone is 10. The Balaban J connectivity index is -0.0000000879. The van der Waals surface area contributed by atoms with E-state index in [1.54, 1.807) is 0 Å². The van der Waals surface area contributed by atoms with E-state index >= 15 is 0 Å². The lowest BCUT2D eigenvalue weighted by Crippen LogP contribution is -1.86. The zero-order valence-corrected chi connectivity index (χ0v) is 20.5. The van der Waals surface area contributed by atoms with Crippen LogP contribution in [0.15, 0.2) is 71.4 Å². The summed E-state index contributed by atoms with van der Waals surface area (Å²) in [5.74, 6) is 0. The average Bonchev–Trinajstić information content (AvgIpc) is 2.67. The van der Waals surface area contributed by atoms with Crippen molar-refractivity contribution in [3.05, 3.63) is 71.4 Å². The fourth-order valence-electron chi connectivity index (χ4n) is 1.21. The Morgan fingerprint density at radius 2 is 1.04 bits per heavy atom. The maximum Gasteiger partial charge on any atom is -0.0205 e. The van der Waals surface area contributed by atoms with Crippen molar-refractivity contribution >= 4 is 0 Å². The van der Waals surface area contributed by atoms with Gasteiger partial charge in [-0.05, 0) is 78.5 Å². The Kier molecular flexibility index (Phi) is 42.7. The molecule has 0 radical (unpaired) electrons. The van der Waals surface area contributed by atoms with Crippen molar-refractivity contribution in [1.82, 2.24) is 0 Å². The van der Waals surface area contributed by atoms with Crippen molar-refractivity contribution in [2.75, 3.05) is 0 Å². The van der Waals surface area contributed by atoms with Crippen LogP contribution in [-0.2, 0) is 0 Å². The van der Waals surface area contributed by atoms with Gasteiger partial charge in [0.05, 0.1) is 0 Å². The van der Waals surface area contributed by atoms with Crippen molar-refractivity contribution in [3.63, 3.8) is 0 Å². The van der Waals surface area contributed by atoms with Crippen LogP contribution in [0, 0.1) is 0 Å². The standard InChI is InChI=1S/C12H18.C6H12.C4H8.2C2H6/c1-6-9-12(10(4)7-2)11(5)8-3;1-4-6(3)5-2;1-4(2)3;2*1-2/h6-9H,1H2,2-5H3;4H,5H2,1-3H3;1H2,2-3H3;2*1-2H3/b10-7-,11-8+,12-9?;6-4+;;;. The van der Waals surface area contributed by atoms with Crippen LogP contribution < -0.4 is 0 Å². The third kappa shape index (κ3) is 33.9. The van der Waals surface area contributed by atoms with Crippen LogP contribution >= 0.6 is 0 Å². The molecule has 0 aromatic carbocycles. The zero-order chi connectivity index (χ0) is 22.1. The van der Waals surface area contributed by atoms with E-state index < -0.39 is 0 Å². The minimum absolute atomic E-state index is 1.17. The van der Waals surface area contributed by atoms with Crippen molar-refractivity contribution in [1.29, 1.82) is 0 Å². The van der Waals surface area contributed by atoms with E-state index in [1.165, 1.54) is 34.3 Å². The predicted molar refractivity (Wildman–Crippen MR) is 130 cm³/mol. The summed E-state index contributed by atoms with van der Waals surface area (Å²) in [5.41, 5.74) is 6.50. The van der Waals surface area contributed by atoms with Crippen molar-refractivity contribution in [2.24, 2.45) is 0 Å². The maximum atomic E-state index is 3.70. The molecule has 0 aromatic heterocycles. The van der Waals surface area contributed by atoms with E-state index in [0.29, 0.717) is 0 Å². The van der Waals surface area contributed by atoms with Gasteiger partial charge in [-0.15, -0.1) is 6.58 Å². The summed E-state index contributed by atoms with van der Waals surface area (Å²) in [6, 6.07) is 0. The normalized spacial score (nSPS) is 11.1. The molecule has 26 heavy (non-hydrogen) atoms. The lowest BCUT2D eigenvalue weighted by atomic mass is 9.99. The molecule has 0 aliphatic rings. The second-order valence-corrected chi connectivity index (χ2v) is 5.46. The van der Waals surface area contributed by atoms with Crippen molar-refractivity contribution in [3.8, 4) is 0 Å². The SMILES string of the molecule is C/C=C(\C)CC.C=C(C)C.C=CC=C(/C(C)=C\C)/C(C)=C/C.CC.CC. The van der Waals surface area contributed by atoms with E-state index in [0.717, 1.165) is 0 Å². The van der Waals surface area contributed by atoms with Crippen LogP contribution in [0.5, 0.6) is 0 Å². The summed E-state index contributed by atoms with van der Waals surface area (Å²) < 4.78 is 0. The Hall–Kier alpha value is -1.56. The van der Waals surface area contributed by atoms with Crippen molar-refractivity contribution < 1.29 is 0 Å². The van der Waals surface area contributed by atoms with Crippen LogP contribution in [0.2, 0.25) is 0 Å². The number of hydrogen-bond acceptors (Lipinski definition) is 0. The fourth-order valence-corrected chi connectivity index (χ4v) is 1.21. The van der Waals surface area contributed by atoms with Gasteiger partial charge in [-0.25, -0.2) is 0 Å². The number of hydrogen-bond donors (Lipinski definition) is 0. The Morgan fingerprint density at radius 1 is 0.731 bits per heavy atom. The van der Waals surface area contributed by atoms with E-state index in [9.17, 15) is 0 Å². The molecule has 0 spiro atoms. The first-order chi connectivity index (χ1) is 12.2. The van der Waals surface area contributed by atoms with Crippen LogP contribution in [0.4, 0.5) is 0 Å². The topological polar surface area (TPSA) is 0 Å². The molecule has 0 aliphatic carbocycles. The zero-order valence-electron chi connectivity index (χ0n) is 20.5. The molecule has 0 fully saturated rings. The van der Waals surface area contributed by atoms with Gasteiger partial charge in [0.25, 0.3) is 0 Å². The molecule has 0 heteroatoms. The van der Waals surface area contributed by atoms with Crippen LogP contribution in [0.25, 0.3) is 0 Å². The summed E-state index contributed by atoms with van der Waals surface area (Å²) >= 11 is 0. The van der Waals surface area contributed by atoms with Crippen LogP contribution in [-0.4, -0.2) is 0 Å². The van der Waals surface area contributed by atoms with Crippen LogP contribution in [0.3, 0.4) is 0 Å². The minimum atomic E-state index is 1.17. The molecule has 0 amide bonds. The van der Waals surface area contributed by atoms with E-state index in [-0.39, 0.29) is 0 Å². The second-order valence-electron chi connectivity index (χ2n) is 5.46. The molecule has 0 heterocycles. The minimum Gasteiger partial charge on any atom is -0.100 e. The molecule has 0 aromatic rings. The molecular formula is C26H50. The summed E-state index contributed by atoms with van der Waals surface area (Å²) in [4.78, 5) is 0. The van der Waals surface area contributed by atoms with Crippen LogP contribution in [0.1, 0.15) is 96.4 Å². The second kappa shape index (κ2) is 31.2. The summed E-state index contributed by atoms with van der Waals surface area (Å²) in [7, 11) is 0. The van der Waals surface area contributed by atoms with E-state index in [2.05, 4.69) is 79.9 Å². The van der Waals surface area contributed by atoms with Gasteiger partial charge in [0.15, 0.2) is 0 Å². The third-order valence-corrected chi connectivity index (χ3v) is 3.05. The molecule has 0 nitrogen and oxygen atoms in total. The Bertz CT molecular complexity index is 399. The fraction of sp³-hybridized carbons (Fsp3) is 0.538. The average molecular weight is 363 g/mol. The van der Waals surface area contributed by atoms with E-state index in [4.69, 9.17) is 0 Å². The molecule has 0 rings (SSSR count). The molecule has 0 N–H and O–H groups in total. The first kappa shape index (κ1) is 35.5. The highest BCUT2D eigenvalue weighted by Gasteiger charge is 1.98. The monoisotopic (exact) mass is 362 g/mol. The van der Waals surface area contributed by atoms with Gasteiger partial charge in [0.1, 0.15) is 0 Å². The molecule has 0 atom stereocenters. The third-order valence-electron chi connectivity index (χ3n) is 3.05. The Labute approximate surface area is 168 Å². The number of rotatable bonds is 4. The maximum absolute atomic E-state index is 3.70. The van der Waals surface area contributed by atoms with Crippen molar-refractivity contribution in [2.45, 2.75) is 96.4 Å². The lowest BCUT2D eigenvalue weighted by molar-refractivity contribution is 1.09. The molecule has 0 saturated carbocycles. The molecule has 0 saturated heterocycles. The van der Waals surface area contributed by atoms with Gasteiger partial charge >= 0.3 is 0 Å². The summed E-state index contributed by atoms with van der Waals surface area (Å²) in [6.45, 7) is 33.9. The molecule has 0 bridgehead atoms. The molecular weight excluding hydrogens is 312 g/mol.